The first-order valence-electron chi connectivity index (χ1n) is 6.30. The number of nitrogens with zero attached hydrogens (tertiary/aromatic N) is 1. The summed E-state index contributed by atoms with van der Waals surface area (Å²) in [7, 11) is 0. The summed E-state index contributed by atoms with van der Waals surface area (Å²) < 4.78 is 0. The monoisotopic (exact) mass is 316 g/mol. The molecule has 0 unspecified atom stereocenters. The lowest BCUT2D eigenvalue weighted by Gasteiger charge is -2.32. The molecule has 0 spiro atoms. The van der Waals surface area contributed by atoms with Gasteiger partial charge in [-0.05, 0) is 25.7 Å². The average molecular weight is 317 g/mol. The predicted octanol–water partition coefficient (Wildman–Crippen LogP) is 1.70. The molecule has 0 aromatic rings. The SMILES string of the molecule is CC(=O)N1CCC(C(=C[C@H](C)NC=O)CBr)CC1. The van der Waals surface area contributed by atoms with Gasteiger partial charge in [0.2, 0.25) is 12.3 Å². The fourth-order valence-electron chi connectivity index (χ4n) is 2.33. The molecule has 4 nitrogen and oxygen atoms in total. The Morgan fingerprint density at radius 2 is 2.11 bits per heavy atom. The van der Waals surface area contributed by atoms with E-state index in [2.05, 4.69) is 27.3 Å². The fourth-order valence-corrected chi connectivity index (χ4v) is 2.98. The smallest absolute Gasteiger partial charge is 0.219 e. The highest BCUT2D eigenvalue weighted by atomic mass is 79.9. The minimum atomic E-state index is 0.0564. The summed E-state index contributed by atoms with van der Waals surface area (Å²) in [4.78, 5) is 23.5. The summed E-state index contributed by atoms with van der Waals surface area (Å²) in [5, 5.41) is 3.56. The maximum atomic E-state index is 11.3. The van der Waals surface area contributed by atoms with Gasteiger partial charge in [0.1, 0.15) is 0 Å². The van der Waals surface area contributed by atoms with Crippen LogP contribution < -0.4 is 5.32 Å². The zero-order chi connectivity index (χ0) is 13.5. The van der Waals surface area contributed by atoms with Gasteiger partial charge in [0.15, 0.2) is 0 Å². The highest BCUT2D eigenvalue weighted by molar-refractivity contribution is 9.09. The molecule has 2 amide bonds. The first-order valence-corrected chi connectivity index (χ1v) is 7.42. The maximum Gasteiger partial charge on any atom is 0.219 e. The van der Waals surface area contributed by atoms with Crippen LogP contribution in [-0.4, -0.2) is 41.7 Å². The van der Waals surface area contributed by atoms with Crippen molar-refractivity contribution >= 4 is 28.2 Å². The highest BCUT2D eigenvalue weighted by Crippen LogP contribution is 2.26. The van der Waals surface area contributed by atoms with Gasteiger partial charge < -0.3 is 10.2 Å². The standard InChI is InChI=1S/C13H21BrN2O2/c1-10(15-9-17)7-13(8-14)12-3-5-16(6-4-12)11(2)18/h7,9-10,12H,3-6,8H2,1-2H3,(H,15,17)/t10-/m0/s1. The van der Waals surface area contributed by atoms with Gasteiger partial charge in [0.05, 0.1) is 0 Å². The zero-order valence-corrected chi connectivity index (χ0v) is 12.6. The van der Waals surface area contributed by atoms with Crippen molar-refractivity contribution in [3.05, 3.63) is 11.6 Å². The molecule has 0 radical (unpaired) electrons. The van der Waals surface area contributed by atoms with Gasteiger partial charge in [-0.3, -0.25) is 9.59 Å². The van der Waals surface area contributed by atoms with Crippen molar-refractivity contribution in [2.75, 3.05) is 18.4 Å². The first kappa shape index (κ1) is 15.2. The molecule has 102 valence electrons. The number of amides is 2. The molecule has 5 heteroatoms. The van der Waals surface area contributed by atoms with Gasteiger partial charge >= 0.3 is 0 Å². The number of rotatable bonds is 5. The van der Waals surface area contributed by atoms with Gasteiger partial charge in [-0.25, -0.2) is 0 Å². The van der Waals surface area contributed by atoms with Gasteiger partial charge in [0.25, 0.3) is 0 Å². The van der Waals surface area contributed by atoms with Gasteiger partial charge in [-0.15, -0.1) is 0 Å². The van der Waals surface area contributed by atoms with E-state index in [1.807, 2.05) is 11.8 Å². The van der Waals surface area contributed by atoms with Gasteiger partial charge in [-0.2, -0.15) is 0 Å². The Hall–Kier alpha value is -0.840. The Kier molecular flexibility index (Phi) is 6.39. The van der Waals surface area contributed by atoms with Crippen molar-refractivity contribution in [1.82, 2.24) is 10.2 Å². The van der Waals surface area contributed by atoms with Crippen LogP contribution in [0.2, 0.25) is 0 Å². The molecule has 0 aromatic heterocycles. The Balaban J connectivity index is 2.57. The first-order chi connectivity index (χ1) is 8.58. The number of hydrogen-bond acceptors (Lipinski definition) is 2. The van der Waals surface area contributed by atoms with Crippen molar-refractivity contribution in [2.45, 2.75) is 32.7 Å². The number of alkyl halides is 1. The van der Waals surface area contributed by atoms with Crippen LogP contribution in [0, 0.1) is 5.92 Å². The predicted molar refractivity (Wildman–Crippen MR) is 75.5 cm³/mol. The van der Waals surface area contributed by atoms with Crippen molar-refractivity contribution in [1.29, 1.82) is 0 Å². The molecule has 1 atom stereocenters. The number of carbonyl (C=O) groups excluding carboxylic acids is 2. The van der Waals surface area contributed by atoms with Gasteiger partial charge in [0, 0.05) is 31.4 Å². The number of allylic oxidation sites excluding steroid dienone is 1. The topological polar surface area (TPSA) is 49.4 Å². The number of hydrogen-bond donors (Lipinski definition) is 1. The molecule has 1 fully saturated rings. The van der Waals surface area contributed by atoms with E-state index < -0.39 is 0 Å². The molecule has 1 heterocycles. The number of nitrogens with one attached hydrogen (secondary N) is 1. The number of piperidine rings is 1. The van der Waals surface area contributed by atoms with Crippen LogP contribution in [0.3, 0.4) is 0 Å². The van der Waals surface area contributed by atoms with Gasteiger partial charge in [-0.1, -0.05) is 27.6 Å². The molecule has 1 rings (SSSR count). The van der Waals surface area contributed by atoms with Crippen LogP contribution in [-0.2, 0) is 9.59 Å². The third kappa shape index (κ3) is 4.44. The van der Waals surface area contributed by atoms with E-state index in [-0.39, 0.29) is 11.9 Å². The third-order valence-corrected chi connectivity index (χ3v) is 4.06. The van der Waals surface area contributed by atoms with Crippen LogP contribution in [0.15, 0.2) is 11.6 Å². The van der Waals surface area contributed by atoms with E-state index >= 15 is 0 Å². The van der Waals surface area contributed by atoms with Crippen molar-refractivity contribution in [3.8, 4) is 0 Å². The Bertz CT molecular complexity index is 323. The molecule has 1 aliphatic heterocycles. The lowest BCUT2D eigenvalue weighted by Crippen LogP contribution is -2.37. The van der Waals surface area contributed by atoms with E-state index in [0.29, 0.717) is 5.92 Å². The lowest BCUT2D eigenvalue weighted by molar-refractivity contribution is -0.130. The highest BCUT2D eigenvalue weighted by Gasteiger charge is 2.23. The summed E-state index contributed by atoms with van der Waals surface area (Å²) in [5.74, 6) is 0.671. The number of likely N-dealkylation sites (tertiary alicyclic amines) is 1. The Morgan fingerprint density at radius 1 is 1.50 bits per heavy atom. The Morgan fingerprint density at radius 3 is 2.56 bits per heavy atom. The molecule has 18 heavy (non-hydrogen) atoms. The van der Waals surface area contributed by atoms with E-state index in [1.54, 1.807) is 6.92 Å². The lowest BCUT2D eigenvalue weighted by atomic mass is 9.89. The Labute approximate surface area is 117 Å². The van der Waals surface area contributed by atoms with Crippen LogP contribution in [0.5, 0.6) is 0 Å². The van der Waals surface area contributed by atoms with E-state index in [0.717, 1.165) is 37.7 Å². The molecule has 0 bridgehead atoms. The molecular formula is C13H21BrN2O2. The maximum absolute atomic E-state index is 11.3. The van der Waals surface area contributed by atoms with Crippen LogP contribution >= 0.6 is 15.9 Å². The van der Waals surface area contributed by atoms with Crippen LogP contribution in [0.1, 0.15) is 26.7 Å². The normalized spacial score (nSPS) is 19.5. The molecule has 1 aliphatic rings. The summed E-state index contributed by atoms with van der Waals surface area (Å²) in [6.07, 6.45) is 4.85. The fraction of sp³-hybridized carbons (Fsp3) is 0.692. The van der Waals surface area contributed by atoms with Crippen LogP contribution in [0.25, 0.3) is 0 Å². The summed E-state index contributed by atoms with van der Waals surface area (Å²) in [5.41, 5.74) is 1.32. The molecule has 1 saturated heterocycles. The molecule has 1 N–H and O–H groups in total. The average Bonchev–Trinajstić information content (AvgIpc) is 2.36. The summed E-state index contributed by atoms with van der Waals surface area (Å²) in [6.45, 7) is 5.25. The number of carbonyl (C=O) groups is 2. The van der Waals surface area contributed by atoms with Crippen molar-refractivity contribution < 1.29 is 9.59 Å². The van der Waals surface area contributed by atoms with E-state index in [4.69, 9.17) is 0 Å². The second kappa shape index (κ2) is 7.56. The second-order valence-corrected chi connectivity index (χ2v) is 5.29. The minimum absolute atomic E-state index is 0.0564. The van der Waals surface area contributed by atoms with E-state index in [9.17, 15) is 9.59 Å². The molecular weight excluding hydrogens is 296 g/mol. The van der Waals surface area contributed by atoms with E-state index in [1.165, 1.54) is 5.57 Å². The van der Waals surface area contributed by atoms with Crippen molar-refractivity contribution in [2.24, 2.45) is 5.92 Å². The largest absolute Gasteiger partial charge is 0.353 e. The minimum Gasteiger partial charge on any atom is -0.353 e. The molecule has 0 saturated carbocycles. The van der Waals surface area contributed by atoms with Crippen LogP contribution in [0.4, 0.5) is 0 Å². The third-order valence-electron chi connectivity index (χ3n) is 3.41. The second-order valence-electron chi connectivity index (χ2n) is 4.73. The number of halogens is 1. The summed E-state index contributed by atoms with van der Waals surface area (Å²) in [6, 6.07) is 0.0564. The quantitative estimate of drug-likeness (QED) is 0.477. The van der Waals surface area contributed by atoms with Crippen molar-refractivity contribution in [3.63, 3.8) is 0 Å². The summed E-state index contributed by atoms with van der Waals surface area (Å²) >= 11 is 3.51. The molecule has 0 aromatic carbocycles. The molecule has 0 aliphatic carbocycles. The zero-order valence-electron chi connectivity index (χ0n) is 11.0.